The molecule has 0 radical (unpaired) electrons. The van der Waals surface area contributed by atoms with Gasteiger partial charge in [-0.05, 0) is 19.3 Å². The van der Waals surface area contributed by atoms with Crippen molar-refractivity contribution in [1.29, 1.82) is 0 Å². The number of imide groups is 1. The van der Waals surface area contributed by atoms with Gasteiger partial charge in [-0.2, -0.15) is 0 Å². The summed E-state index contributed by atoms with van der Waals surface area (Å²) in [6, 6.07) is 0. The van der Waals surface area contributed by atoms with Gasteiger partial charge in [0, 0.05) is 6.42 Å². The van der Waals surface area contributed by atoms with E-state index in [-0.39, 0.29) is 5.91 Å². The zero-order valence-electron chi connectivity index (χ0n) is 9.61. The minimum absolute atomic E-state index is 0.105. The zero-order valence-corrected chi connectivity index (χ0v) is 9.61. The highest BCUT2D eigenvalue weighted by atomic mass is 16.6. The first-order chi connectivity index (χ1) is 7.75. The fourth-order valence-electron chi connectivity index (χ4n) is 1.67. The minimum atomic E-state index is -0.489. The van der Waals surface area contributed by atoms with Crippen molar-refractivity contribution < 1.29 is 14.3 Å². The Labute approximate surface area is 96.3 Å². The third-order valence-electron chi connectivity index (χ3n) is 2.61. The molecule has 2 amide bonds. The quantitative estimate of drug-likeness (QED) is 0.494. The van der Waals surface area contributed by atoms with E-state index in [4.69, 9.17) is 4.74 Å². The van der Waals surface area contributed by atoms with Crippen LogP contribution in [0.25, 0.3) is 0 Å². The van der Waals surface area contributed by atoms with Crippen molar-refractivity contribution in [2.45, 2.75) is 38.5 Å². The maximum Gasteiger partial charge on any atom is 0.416 e. The average molecular weight is 225 g/mol. The van der Waals surface area contributed by atoms with Gasteiger partial charge in [-0.3, -0.25) is 4.79 Å². The molecular formula is C12H19NO3. The molecule has 0 spiro atoms. The van der Waals surface area contributed by atoms with E-state index in [1.54, 1.807) is 0 Å². The van der Waals surface area contributed by atoms with Crippen LogP contribution in [0.4, 0.5) is 4.79 Å². The molecule has 4 heteroatoms. The largest absolute Gasteiger partial charge is 0.447 e. The number of rotatable bonds is 7. The highest BCUT2D eigenvalue weighted by molar-refractivity contribution is 5.92. The molecule has 0 aliphatic carbocycles. The monoisotopic (exact) mass is 225 g/mol. The van der Waals surface area contributed by atoms with Crippen LogP contribution >= 0.6 is 0 Å². The molecule has 90 valence electrons. The van der Waals surface area contributed by atoms with Crippen molar-refractivity contribution in [3.8, 4) is 0 Å². The standard InChI is InChI=1S/C12H19NO3/c1-2-3-4-5-6-7-8-11(14)13-9-10-16-12(13)15/h2H,1,3-10H2. The van der Waals surface area contributed by atoms with Crippen molar-refractivity contribution >= 4 is 12.0 Å². The molecule has 1 aliphatic heterocycles. The number of carbonyl (C=O) groups is 2. The van der Waals surface area contributed by atoms with E-state index in [0.717, 1.165) is 32.1 Å². The lowest BCUT2D eigenvalue weighted by Gasteiger charge is -2.09. The highest BCUT2D eigenvalue weighted by Gasteiger charge is 2.27. The van der Waals surface area contributed by atoms with Gasteiger partial charge in [0.1, 0.15) is 6.61 Å². The fraction of sp³-hybridized carbons (Fsp3) is 0.667. The minimum Gasteiger partial charge on any atom is -0.447 e. The number of amides is 2. The van der Waals surface area contributed by atoms with E-state index < -0.39 is 6.09 Å². The zero-order chi connectivity index (χ0) is 11.8. The van der Waals surface area contributed by atoms with Gasteiger partial charge in [0.15, 0.2) is 0 Å². The highest BCUT2D eigenvalue weighted by Crippen LogP contribution is 2.10. The van der Waals surface area contributed by atoms with Crippen molar-refractivity contribution in [2.24, 2.45) is 0 Å². The maximum atomic E-state index is 11.6. The summed E-state index contributed by atoms with van der Waals surface area (Å²) in [6.07, 6.45) is 7.02. The summed E-state index contributed by atoms with van der Waals surface area (Å²) in [7, 11) is 0. The lowest BCUT2D eigenvalue weighted by atomic mass is 10.1. The first kappa shape index (κ1) is 12.7. The number of hydrogen-bond acceptors (Lipinski definition) is 3. The summed E-state index contributed by atoms with van der Waals surface area (Å²) in [5.74, 6) is -0.105. The molecule has 0 N–H and O–H groups in total. The first-order valence-electron chi connectivity index (χ1n) is 5.83. The van der Waals surface area contributed by atoms with Crippen LogP contribution in [0.5, 0.6) is 0 Å². The smallest absolute Gasteiger partial charge is 0.416 e. The second-order valence-electron chi connectivity index (χ2n) is 3.90. The Kier molecular flexibility index (Phi) is 5.61. The van der Waals surface area contributed by atoms with Gasteiger partial charge in [-0.15, -0.1) is 6.58 Å². The van der Waals surface area contributed by atoms with Gasteiger partial charge in [0.2, 0.25) is 5.91 Å². The van der Waals surface area contributed by atoms with Gasteiger partial charge >= 0.3 is 6.09 Å². The Balaban J connectivity index is 2.06. The third kappa shape index (κ3) is 4.04. The summed E-state index contributed by atoms with van der Waals surface area (Å²) in [6.45, 7) is 4.40. The average Bonchev–Trinajstić information content (AvgIpc) is 2.69. The summed E-state index contributed by atoms with van der Waals surface area (Å²) >= 11 is 0. The lowest BCUT2D eigenvalue weighted by Crippen LogP contribution is -2.31. The lowest BCUT2D eigenvalue weighted by molar-refractivity contribution is -0.127. The van der Waals surface area contributed by atoms with Gasteiger partial charge in [-0.1, -0.05) is 18.9 Å². The molecule has 4 nitrogen and oxygen atoms in total. The topological polar surface area (TPSA) is 46.6 Å². The normalized spacial score (nSPS) is 15.0. The Morgan fingerprint density at radius 1 is 1.38 bits per heavy atom. The number of unbranched alkanes of at least 4 members (excludes halogenated alkanes) is 4. The molecule has 1 aliphatic rings. The van der Waals surface area contributed by atoms with Crippen LogP contribution in [0.3, 0.4) is 0 Å². The van der Waals surface area contributed by atoms with Crippen LogP contribution in [-0.2, 0) is 9.53 Å². The van der Waals surface area contributed by atoms with Crippen molar-refractivity contribution in [2.75, 3.05) is 13.2 Å². The molecule has 0 aromatic carbocycles. The van der Waals surface area contributed by atoms with Crippen molar-refractivity contribution in [3.63, 3.8) is 0 Å². The Hall–Kier alpha value is -1.32. The summed E-state index contributed by atoms with van der Waals surface area (Å²) in [5.41, 5.74) is 0. The Morgan fingerprint density at radius 3 is 2.75 bits per heavy atom. The van der Waals surface area contributed by atoms with Crippen molar-refractivity contribution in [1.82, 2.24) is 4.90 Å². The predicted molar refractivity (Wildman–Crippen MR) is 61.0 cm³/mol. The van der Waals surface area contributed by atoms with E-state index in [1.165, 1.54) is 4.90 Å². The third-order valence-corrected chi connectivity index (χ3v) is 2.61. The molecule has 0 unspecified atom stereocenters. The Morgan fingerprint density at radius 2 is 2.12 bits per heavy atom. The van der Waals surface area contributed by atoms with Gasteiger partial charge in [0.25, 0.3) is 0 Å². The summed E-state index contributed by atoms with van der Waals surface area (Å²) in [4.78, 5) is 23.8. The van der Waals surface area contributed by atoms with Crippen LogP contribution in [0, 0.1) is 0 Å². The van der Waals surface area contributed by atoms with E-state index in [9.17, 15) is 9.59 Å². The number of allylic oxidation sites excluding steroid dienone is 1. The van der Waals surface area contributed by atoms with Crippen LogP contribution in [0.1, 0.15) is 38.5 Å². The van der Waals surface area contributed by atoms with Gasteiger partial charge < -0.3 is 4.74 Å². The number of nitrogens with zero attached hydrogens (tertiary/aromatic N) is 1. The summed E-state index contributed by atoms with van der Waals surface area (Å²) in [5, 5.41) is 0. The molecule has 0 saturated carbocycles. The van der Waals surface area contributed by atoms with Crippen LogP contribution in [0.15, 0.2) is 12.7 Å². The number of carbonyl (C=O) groups excluding carboxylic acids is 2. The molecule has 0 bridgehead atoms. The molecule has 1 rings (SSSR count). The van der Waals surface area contributed by atoms with Crippen molar-refractivity contribution in [3.05, 3.63) is 12.7 Å². The van der Waals surface area contributed by atoms with E-state index in [1.807, 2.05) is 6.08 Å². The molecular weight excluding hydrogens is 206 g/mol. The van der Waals surface area contributed by atoms with Crippen LogP contribution < -0.4 is 0 Å². The maximum absolute atomic E-state index is 11.6. The van der Waals surface area contributed by atoms with E-state index in [2.05, 4.69) is 6.58 Å². The second-order valence-corrected chi connectivity index (χ2v) is 3.90. The second kappa shape index (κ2) is 7.04. The molecule has 1 fully saturated rings. The van der Waals surface area contributed by atoms with Gasteiger partial charge in [-0.25, -0.2) is 9.69 Å². The van der Waals surface area contributed by atoms with Crippen LogP contribution in [0.2, 0.25) is 0 Å². The van der Waals surface area contributed by atoms with Crippen LogP contribution in [-0.4, -0.2) is 30.1 Å². The molecule has 0 atom stereocenters. The number of cyclic esters (lactones) is 1. The molecule has 16 heavy (non-hydrogen) atoms. The molecule has 0 aromatic rings. The molecule has 1 saturated heterocycles. The predicted octanol–water partition coefficient (Wildman–Crippen LogP) is 2.49. The van der Waals surface area contributed by atoms with E-state index in [0.29, 0.717) is 19.6 Å². The van der Waals surface area contributed by atoms with Gasteiger partial charge in [0.05, 0.1) is 6.54 Å². The SMILES string of the molecule is C=CCCCCCCC(=O)N1CCOC1=O. The molecule has 1 heterocycles. The fourth-order valence-corrected chi connectivity index (χ4v) is 1.67. The Bertz CT molecular complexity index is 263. The summed E-state index contributed by atoms with van der Waals surface area (Å²) < 4.78 is 4.70. The first-order valence-corrected chi connectivity index (χ1v) is 5.83. The van der Waals surface area contributed by atoms with E-state index >= 15 is 0 Å². The number of hydrogen-bond donors (Lipinski definition) is 0. The molecule has 0 aromatic heterocycles. The number of ether oxygens (including phenoxy) is 1.